The number of amides is 1. The Bertz CT molecular complexity index is 337. The first-order valence-corrected chi connectivity index (χ1v) is 5.41. The standard InChI is InChI=1S/C12H16N2O/c13-11-8-4-5-9-14(12(11)15)10-6-2-1-3-7-10/h1-3,6-7,11H,4-5,8-9,13H2/t11-/m0/s1. The molecule has 2 rings (SSSR count). The maximum Gasteiger partial charge on any atom is 0.243 e. The third-order valence-electron chi connectivity index (χ3n) is 2.80. The van der Waals surface area contributed by atoms with Crippen LogP contribution in [0.3, 0.4) is 0 Å². The van der Waals surface area contributed by atoms with Crippen molar-refractivity contribution < 1.29 is 4.79 Å². The van der Waals surface area contributed by atoms with Crippen LogP contribution in [-0.2, 0) is 4.79 Å². The Labute approximate surface area is 89.9 Å². The lowest BCUT2D eigenvalue weighted by Gasteiger charge is -2.22. The number of anilines is 1. The molecule has 3 nitrogen and oxygen atoms in total. The average Bonchev–Trinajstić information content (AvgIpc) is 2.44. The van der Waals surface area contributed by atoms with Crippen molar-refractivity contribution in [3.05, 3.63) is 30.3 Å². The van der Waals surface area contributed by atoms with Gasteiger partial charge in [0.2, 0.25) is 5.91 Å². The van der Waals surface area contributed by atoms with Gasteiger partial charge in [-0.15, -0.1) is 0 Å². The van der Waals surface area contributed by atoms with Crippen LogP contribution in [-0.4, -0.2) is 18.5 Å². The largest absolute Gasteiger partial charge is 0.320 e. The molecule has 3 heteroatoms. The summed E-state index contributed by atoms with van der Waals surface area (Å²) in [6, 6.07) is 9.42. The fourth-order valence-corrected chi connectivity index (χ4v) is 1.93. The molecule has 0 spiro atoms. The van der Waals surface area contributed by atoms with Gasteiger partial charge in [-0.25, -0.2) is 0 Å². The third-order valence-corrected chi connectivity index (χ3v) is 2.80. The van der Waals surface area contributed by atoms with E-state index < -0.39 is 0 Å². The molecule has 0 radical (unpaired) electrons. The second-order valence-electron chi connectivity index (χ2n) is 3.93. The molecule has 1 heterocycles. The number of para-hydroxylation sites is 1. The zero-order valence-corrected chi connectivity index (χ0v) is 8.73. The lowest BCUT2D eigenvalue weighted by Crippen LogP contribution is -2.42. The second kappa shape index (κ2) is 4.45. The number of benzene rings is 1. The van der Waals surface area contributed by atoms with E-state index in [1.165, 1.54) is 0 Å². The molecule has 0 saturated carbocycles. The Morgan fingerprint density at radius 3 is 2.67 bits per heavy atom. The molecule has 0 aliphatic carbocycles. The van der Waals surface area contributed by atoms with E-state index in [-0.39, 0.29) is 11.9 Å². The molecular weight excluding hydrogens is 188 g/mol. The lowest BCUT2D eigenvalue weighted by atomic mass is 10.1. The van der Waals surface area contributed by atoms with Gasteiger partial charge in [0.25, 0.3) is 0 Å². The molecule has 2 N–H and O–H groups in total. The molecule has 1 aromatic rings. The highest BCUT2D eigenvalue weighted by molar-refractivity contribution is 5.97. The Hall–Kier alpha value is -1.35. The minimum absolute atomic E-state index is 0.0544. The first kappa shape index (κ1) is 10.2. The maximum atomic E-state index is 11.9. The van der Waals surface area contributed by atoms with Gasteiger partial charge >= 0.3 is 0 Å². The summed E-state index contributed by atoms with van der Waals surface area (Å²) >= 11 is 0. The minimum Gasteiger partial charge on any atom is -0.320 e. The molecular formula is C12H16N2O. The van der Waals surface area contributed by atoms with Gasteiger partial charge in [-0.3, -0.25) is 4.79 Å². The molecule has 1 amide bonds. The second-order valence-corrected chi connectivity index (χ2v) is 3.93. The van der Waals surface area contributed by atoms with Gasteiger partial charge in [0, 0.05) is 12.2 Å². The first-order valence-electron chi connectivity index (χ1n) is 5.41. The predicted molar refractivity (Wildman–Crippen MR) is 60.6 cm³/mol. The molecule has 0 unspecified atom stereocenters. The highest BCUT2D eigenvalue weighted by atomic mass is 16.2. The van der Waals surface area contributed by atoms with E-state index in [0.29, 0.717) is 0 Å². The van der Waals surface area contributed by atoms with Crippen molar-refractivity contribution in [3.63, 3.8) is 0 Å². The predicted octanol–water partition coefficient (Wildman–Crippen LogP) is 1.53. The van der Waals surface area contributed by atoms with Crippen LogP contribution in [0.15, 0.2) is 30.3 Å². The van der Waals surface area contributed by atoms with Crippen molar-refractivity contribution in [2.45, 2.75) is 25.3 Å². The fourth-order valence-electron chi connectivity index (χ4n) is 1.93. The van der Waals surface area contributed by atoms with Crippen molar-refractivity contribution in [2.24, 2.45) is 5.73 Å². The summed E-state index contributed by atoms with van der Waals surface area (Å²) in [5.41, 5.74) is 6.77. The van der Waals surface area contributed by atoms with E-state index in [1.807, 2.05) is 30.3 Å². The molecule has 15 heavy (non-hydrogen) atoms. The molecule has 1 fully saturated rings. The van der Waals surface area contributed by atoms with Crippen molar-refractivity contribution >= 4 is 11.6 Å². The summed E-state index contributed by atoms with van der Waals surface area (Å²) in [4.78, 5) is 13.7. The molecule has 0 bridgehead atoms. The summed E-state index contributed by atoms with van der Waals surface area (Å²) in [7, 11) is 0. The summed E-state index contributed by atoms with van der Waals surface area (Å²) in [6.45, 7) is 0.788. The summed E-state index contributed by atoms with van der Waals surface area (Å²) < 4.78 is 0. The van der Waals surface area contributed by atoms with Gasteiger partial charge in [0.15, 0.2) is 0 Å². The average molecular weight is 204 g/mol. The molecule has 1 aromatic carbocycles. The number of carbonyl (C=O) groups excluding carboxylic acids is 1. The van der Waals surface area contributed by atoms with Gasteiger partial charge < -0.3 is 10.6 Å². The topological polar surface area (TPSA) is 46.3 Å². The Morgan fingerprint density at radius 2 is 1.93 bits per heavy atom. The monoisotopic (exact) mass is 204 g/mol. The fraction of sp³-hybridized carbons (Fsp3) is 0.417. The minimum atomic E-state index is -0.326. The lowest BCUT2D eigenvalue weighted by molar-refractivity contribution is -0.119. The van der Waals surface area contributed by atoms with E-state index in [4.69, 9.17) is 5.73 Å². The SMILES string of the molecule is N[C@H]1CCCCN(c2ccccc2)C1=O. The van der Waals surface area contributed by atoms with Crippen LogP contribution in [0.1, 0.15) is 19.3 Å². The van der Waals surface area contributed by atoms with Gasteiger partial charge in [0.05, 0.1) is 6.04 Å². The zero-order valence-electron chi connectivity index (χ0n) is 8.73. The van der Waals surface area contributed by atoms with Crippen LogP contribution in [0.2, 0.25) is 0 Å². The van der Waals surface area contributed by atoms with Crippen LogP contribution >= 0.6 is 0 Å². The molecule has 0 aromatic heterocycles. The summed E-state index contributed by atoms with van der Waals surface area (Å²) in [5.74, 6) is 0.0544. The van der Waals surface area contributed by atoms with Crippen molar-refractivity contribution in [1.82, 2.24) is 0 Å². The first-order chi connectivity index (χ1) is 7.29. The summed E-state index contributed by atoms with van der Waals surface area (Å²) in [6.07, 6.45) is 2.88. The normalized spacial score (nSPS) is 22.6. The number of carbonyl (C=O) groups is 1. The van der Waals surface area contributed by atoms with Crippen LogP contribution in [0, 0.1) is 0 Å². The summed E-state index contributed by atoms with van der Waals surface area (Å²) in [5, 5.41) is 0. The molecule has 1 aliphatic rings. The number of rotatable bonds is 1. The van der Waals surface area contributed by atoms with E-state index in [2.05, 4.69) is 0 Å². The van der Waals surface area contributed by atoms with E-state index in [9.17, 15) is 4.79 Å². The van der Waals surface area contributed by atoms with Crippen molar-refractivity contribution in [3.8, 4) is 0 Å². The maximum absolute atomic E-state index is 11.9. The highest BCUT2D eigenvalue weighted by Gasteiger charge is 2.24. The highest BCUT2D eigenvalue weighted by Crippen LogP contribution is 2.19. The number of nitrogens with two attached hydrogens (primary N) is 1. The zero-order chi connectivity index (χ0) is 10.7. The molecule has 1 aliphatic heterocycles. The van der Waals surface area contributed by atoms with Gasteiger partial charge in [-0.1, -0.05) is 18.2 Å². The Morgan fingerprint density at radius 1 is 1.20 bits per heavy atom. The smallest absolute Gasteiger partial charge is 0.243 e. The van der Waals surface area contributed by atoms with Crippen LogP contribution < -0.4 is 10.6 Å². The number of hydrogen-bond acceptors (Lipinski definition) is 2. The van der Waals surface area contributed by atoms with Gasteiger partial charge in [0.1, 0.15) is 0 Å². The molecule has 1 atom stereocenters. The number of nitrogens with zero attached hydrogens (tertiary/aromatic N) is 1. The van der Waals surface area contributed by atoms with Crippen LogP contribution in [0.5, 0.6) is 0 Å². The quantitative estimate of drug-likeness (QED) is 0.754. The van der Waals surface area contributed by atoms with E-state index in [0.717, 1.165) is 31.5 Å². The molecule has 1 saturated heterocycles. The van der Waals surface area contributed by atoms with Gasteiger partial charge in [-0.05, 0) is 31.4 Å². The van der Waals surface area contributed by atoms with E-state index in [1.54, 1.807) is 4.90 Å². The van der Waals surface area contributed by atoms with Gasteiger partial charge in [-0.2, -0.15) is 0 Å². The molecule has 80 valence electrons. The third kappa shape index (κ3) is 2.18. The van der Waals surface area contributed by atoms with Crippen LogP contribution in [0.25, 0.3) is 0 Å². The Kier molecular flexibility index (Phi) is 3.02. The Balaban J connectivity index is 2.23. The van der Waals surface area contributed by atoms with Crippen molar-refractivity contribution in [2.75, 3.05) is 11.4 Å². The van der Waals surface area contributed by atoms with Crippen molar-refractivity contribution in [1.29, 1.82) is 0 Å². The van der Waals surface area contributed by atoms with E-state index >= 15 is 0 Å². The number of hydrogen-bond donors (Lipinski definition) is 1. The van der Waals surface area contributed by atoms with Crippen LogP contribution in [0.4, 0.5) is 5.69 Å².